The Hall–Kier alpha value is -2.08. The molecule has 1 aromatic rings. The van der Waals surface area contributed by atoms with Gasteiger partial charge in [0.1, 0.15) is 0 Å². The third kappa shape index (κ3) is 5.21. The van der Waals surface area contributed by atoms with Crippen LogP contribution in [0.25, 0.3) is 0 Å². The molecule has 3 N–H and O–H groups in total. The SMILES string of the molecule is NC(=NCC(C(=O)N1CCOCC1)c1ccccc1)NC1CCCCC1. The van der Waals surface area contributed by atoms with Gasteiger partial charge in [0.15, 0.2) is 5.96 Å². The van der Waals surface area contributed by atoms with Crippen molar-refractivity contribution in [3.05, 3.63) is 35.9 Å². The van der Waals surface area contributed by atoms with Crippen LogP contribution in [0.15, 0.2) is 35.3 Å². The third-order valence-corrected chi connectivity index (χ3v) is 5.22. The number of morpholine rings is 1. The first-order chi connectivity index (χ1) is 12.7. The number of aliphatic imine (C=N–C) groups is 1. The van der Waals surface area contributed by atoms with Gasteiger partial charge in [0, 0.05) is 19.1 Å². The van der Waals surface area contributed by atoms with Crippen LogP contribution < -0.4 is 11.1 Å². The van der Waals surface area contributed by atoms with Crippen LogP contribution in [0.4, 0.5) is 0 Å². The van der Waals surface area contributed by atoms with Crippen LogP contribution in [0.5, 0.6) is 0 Å². The lowest BCUT2D eigenvalue weighted by Crippen LogP contribution is -2.44. The van der Waals surface area contributed by atoms with Crippen molar-refractivity contribution >= 4 is 11.9 Å². The molecule has 1 aliphatic carbocycles. The third-order valence-electron chi connectivity index (χ3n) is 5.22. The summed E-state index contributed by atoms with van der Waals surface area (Å²) in [5.74, 6) is 0.252. The van der Waals surface area contributed by atoms with Crippen molar-refractivity contribution in [1.82, 2.24) is 10.2 Å². The minimum atomic E-state index is -0.305. The van der Waals surface area contributed by atoms with Gasteiger partial charge in [0.2, 0.25) is 5.91 Å². The molecule has 1 saturated carbocycles. The summed E-state index contributed by atoms with van der Waals surface area (Å²) in [6, 6.07) is 10.3. The van der Waals surface area contributed by atoms with E-state index in [0.717, 1.165) is 18.4 Å². The summed E-state index contributed by atoms with van der Waals surface area (Å²) in [5.41, 5.74) is 7.09. The fourth-order valence-electron chi connectivity index (χ4n) is 3.71. The largest absolute Gasteiger partial charge is 0.378 e. The molecule has 0 spiro atoms. The zero-order chi connectivity index (χ0) is 18.2. The molecule has 142 valence electrons. The van der Waals surface area contributed by atoms with Gasteiger partial charge in [-0.3, -0.25) is 9.79 Å². The molecule has 1 aromatic carbocycles. The normalized spacial score (nSPS) is 20.6. The van der Waals surface area contributed by atoms with Crippen LogP contribution in [0.1, 0.15) is 43.6 Å². The second-order valence-corrected chi connectivity index (χ2v) is 7.11. The number of amides is 1. The maximum absolute atomic E-state index is 13.0. The second kappa shape index (κ2) is 9.57. The minimum absolute atomic E-state index is 0.105. The topological polar surface area (TPSA) is 80.0 Å². The number of nitrogens with zero attached hydrogens (tertiary/aromatic N) is 2. The molecule has 0 bridgehead atoms. The number of hydrogen-bond donors (Lipinski definition) is 2. The maximum atomic E-state index is 13.0. The quantitative estimate of drug-likeness (QED) is 0.622. The number of benzene rings is 1. The summed E-state index contributed by atoms with van der Waals surface area (Å²) in [5, 5.41) is 3.33. The molecule has 1 amide bonds. The van der Waals surface area contributed by atoms with E-state index in [0.29, 0.717) is 44.8 Å². The molecule has 3 rings (SSSR count). The highest BCUT2D eigenvalue weighted by Crippen LogP contribution is 2.20. The van der Waals surface area contributed by atoms with E-state index in [9.17, 15) is 4.79 Å². The molecule has 6 heteroatoms. The van der Waals surface area contributed by atoms with Crippen LogP contribution in [0, 0.1) is 0 Å². The molecule has 1 unspecified atom stereocenters. The fraction of sp³-hybridized carbons (Fsp3) is 0.600. The molecule has 1 heterocycles. The Kier molecular flexibility index (Phi) is 6.89. The van der Waals surface area contributed by atoms with E-state index in [1.165, 1.54) is 19.3 Å². The van der Waals surface area contributed by atoms with Gasteiger partial charge in [-0.25, -0.2) is 0 Å². The van der Waals surface area contributed by atoms with Gasteiger partial charge in [-0.1, -0.05) is 49.6 Å². The first-order valence-corrected chi connectivity index (χ1v) is 9.72. The number of hydrogen-bond acceptors (Lipinski definition) is 3. The van der Waals surface area contributed by atoms with Crippen LogP contribution in [-0.4, -0.2) is 55.7 Å². The summed E-state index contributed by atoms with van der Waals surface area (Å²) in [7, 11) is 0. The smallest absolute Gasteiger partial charge is 0.232 e. The van der Waals surface area contributed by atoms with E-state index in [4.69, 9.17) is 10.5 Å². The predicted molar refractivity (Wildman–Crippen MR) is 103 cm³/mol. The monoisotopic (exact) mass is 358 g/mol. The molecule has 26 heavy (non-hydrogen) atoms. The van der Waals surface area contributed by atoms with Crippen molar-refractivity contribution in [2.24, 2.45) is 10.7 Å². The standard InChI is InChI=1S/C20H30N4O2/c21-20(23-17-9-5-2-6-10-17)22-15-18(16-7-3-1-4-8-16)19(25)24-11-13-26-14-12-24/h1,3-4,7-8,17-18H,2,5-6,9-15H2,(H3,21,22,23). The van der Waals surface area contributed by atoms with Crippen molar-refractivity contribution in [3.63, 3.8) is 0 Å². The maximum Gasteiger partial charge on any atom is 0.232 e. The lowest BCUT2D eigenvalue weighted by molar-refractivity contribution is -0.136. The Morgan fingerprint density at radius 2 is 1.88 bits per heavy atom. The number of carbonyl (C=O) groups is 1. The van der Waals surface area contributed by atoms with Gasteiger partial charge in [-0.15, -0.1) is 0 Å². The number of nitrogens with one attached hydrogen (secondary N) is 1. The van der Waals surface area contributed by atoms with Gasteiger partial charge < -0.3 is 20.7 Å². The Bertz CT molecular complexity index is 593. The molecular formula is C20H30N4O2. The number of rotatable bonds is 5. The van der Waals surface area contributed by atoms with E-state index in [-0.39, 0.29) is 11.8 Å². The highest BCUT2D eigenvalue weighted by atomic mass is 16.5. The lowest BCUT2D eigenvalue weighted by Gasteiger charge is -2.30. The molecule has 1 atom stereocenters. The zero-order valence-electron chi connectivity index (χ0n) is 15.4. The number of nitrogens with two attached hydrogens (primary N) is 1. The highest BCUT2D eigenvalue weighted by Gasteiger charge is 2.27. The van der Waals surface area contributed by atoms with Crippen molar-refractivity contribution in [1.29, 1.82) is 0 Å². The van der Waals surface area contributed by atoms with Gasteiger partial charge in [-0.2, -0.15) is 0 Å². The second-order valence-electron chi connectivity index (χ2n) is 7.11. The van der Waals surface area contributed by atoms with Gasteiger partial charge >= 0.3 is 0 Å². The number of ether oxygens (including phenoxy) is 1. The van der Waals surface area contributed by atoms with Crippen LogP contribution in [0.2, 0.25) is 0 Å². The molecule has 0 aromatic heterocycles. The van der Waals surface area contributed by atoms with Crippen molar-refractivity contribution in [2.45, 2.75) is 44.1 Å². The molecular weight excluding hydrogens is 328 g/mol. The molecule has 1 aliphatic heterocycles. The molecule has 6 nitrogen and oxygen atoms in total. The fourth-order valence-corrected chi connectivity index (χ4v) is 3.71. The van der Waals surface area contributed by atoms with Crippen LogP contribution in [-0.2, 0) is 9.53 Å². The van der Waals surface area contributed by atoms with Crippen LogP contribution >= 0.6 is 0 Å². The minimum Gasteiger partial charge on any atom is -0.378 e. The van der Waals surface area contributed by atoms with Crippen molar-refractivity contribution in [2.75, 3.05) is 32.8 Å². The van der Waals surface area contributed by atoms with E-state index < -0.39 is 0 Å². The van der Waals surface area contributed by atoms with Crippen molar-refractivity contribution in [3.8, 4) is 0 Å². The first-order valence-electron chi connectivity index (χ1n) is 9.72. The van der Waals surface area contributed by atoms with Crippen molar-refractivity contribution < 1.29 is 9.53 Å². The average molecular weight is 358 g/mol. The van der Waals surface area contributed by atoms with Gasteiger partial charge in [0.25, 0.3) is 0 Å². The predicted octanol–water partition coefficient (Wildman–Crippen LogP) is 1.87. The molecule has 2 fully saturated rings. The number of carbonyl (C=O) groups excluding carboxylic acids is 1. The average Bonchev–Trinajstić information content (AvgIpc) is 2.70. The van der Waals surface area contributed by atoms with E-state index in [1.54, 1.807) is 0 Å². The Morgan fingerprint density at radius 3 is 2.58 bits per heavy atom. The molecule has 1 saturated heterocycles. The first kappa shape index (κ1) is 18.7. The Morgan fingerprint density at radius 1 is 1.19 bits per heavy atom. The van der Waals surface area contributed by atoms with Gasteiger partial charge in [0.05, 0.1) is 25.7 Å². The summed E-state index contributed by atoms with van der Waals surface area (Å²) < 4.78 is 5.37. The van der Waals surface area contributed by atoms with Gasteiger partial charge in [-0.05, 0) is 18.4 Å². The summed E-state index contributed by atoms with van der Waals surface area (Å²) in [4.78, 5) is 19.4. The summed E-state index contributed by atoms with van der Waals surface area (Å²) in [6.45, 7) is 2.85. The Labute approximate surface area is 155 Å². The molecule has 0 radical (unpaired) electrons. The lowest BCUT2D eigenvalue weighted by atomic mass is 9.96. The summed E-state index contributed by atoms with van der Waals surface area (Å²) in [6.07, 6.45) is 6.08. The summed E-state index contributed by atoms with van der Waals surface area (Å²) >= 11 is 0. The zero-order valence-corrected chi connectivity index (χ0v) is 15.4. The number of guanidine groups is 1. The van der Waals surface area contributed by atoms with E-state index in [2.05, 4.69) is 10.3 Å². The van der Waals surface area contributed by atoms with E-state index >= 15 is 0 Å². The van der Waals surface area contributed by atoms with E-state index in [1.807, 2.05) is 35.2 Å². The highest BCUT2D eigenvalue weighted by molar-refractivity contribution is 5.85. The Balaban J connectivity index is 1.66. The molecule has 2 aliphatic rings. The van der Waals surface area contributed by atoms with Crippen LogP contribution in [0.3, 0.4) is 0 Å².